The number of fused-ring (bicyclic) bond motifs is 1. The van der Waals surface area contributed by atoms with E-state index in [9.17, 15) is 19.8 Å². The summed E-state index contributed by atoms with van der Waals surface area (Å²) < 4.78 is 17.9. The number of hydrogen-bond acceptors (Lipinski definition) is 9. The molecular weight excluding hydrogens is 484 g/mol. The second-order valence-electron chi connectivity index (χ2n) is 7.89. The van der Waals surface area contributed by atoms with Crippen molar-refractivity contribution >= 4 is 23.4 Å². The summed E-state index contributed by atoms with van der Waals surface area (Å²) in [7, 11) is 1.45. The first-order chi connectivity index (χ1) is 17.3. The van der Waals surface area contributed by atoms with Gasteiger partial charge in [-0.3, -0.25) is 9.36 Å². The fraction of sp³-hybridized carbons (Fsp3) is 0.269. The summed E-state index contributed by atoms with van der Waals surface area (Å²) >= 11 is 1.18. The largest absolute Gasteiger partial charge is 0.504 e. The molecule has 9 nitrogen and oxygen atoms in total. The zero-order valence-corrected chi connectivity index (χ0v) is 21.1. The molecule has 0 radical (unpaired) electrons. The Balaban J connectivity index is 1.95. The molecule has 0 spiro atoms. The average molecular weight is 511 g/mol. The van der Waals surface area contributed by atoms with Gasteiger partial charge in [-0.25, -0.2) is 9.79 Å². The summed E-state index contributed by atoms with van der Waals surface area (Å²) in [6.45, 7) is 5.69. The molecule has 4 rings (SSSR count). The normalized spacial score (nSPS) is 15.3. The van der Waals surface area contributed by atoms with Crippen molar-refractivity contribution in [2.45, 2.75) is 26.8 Å². The van der Waals surface area contributed by atoms with E-state index in [-0.39, 0.29) is 40.7 Å². The van der Waals surface area contributed by atoms with Crippen molar-refractivity contribution in [1.29, 1.82) is 0 Å². The number of rotatable bonds is 7. The van der Waals surface area contributed by atoms with Crippen molar-refractivity contribution in [1.82, 2.24) is 4.57 Å². The summed E-state index contributed by atoms with van der Waals surface area (Å²) in [6, 6.07) is 8.66. The van der Waals surface area contributed by atoms with Crippen LogP contribution in [-0.2, 0) is 9.53 Å². The summed E-state index contributed by atoms with van der Waals surface area (Å²) in [5, 5.41) is 20.1. The maximum atomic E-state index is 13.7. The quantitative estimate of drug-likeness (QED) is 0.469. The van der Waals surface area contributed by atoms with Crippen LogP contribution in [0.15, 0.2) is 57.5 Å². The minimum atomic E-state index is -0.836. The molecule has 0 aliphatic carbocycles. The number of benzene rings is 2. The molecule has 2 N–H and O–H groups in total. The zero-order chi connectivity index (χ0) is 26.0. The molecule has 3 aromatic rings. The number of thiazole rings is 1. The van der Waals surface area contributed by atoms with Crippen LogP contribution in [0.1, 0.15) is 37.9 Å². The third kappa shape index (κ3) is 4.59. The van der Waals surface area contributed by atoms with Gasteiger partial charge in [0, 0.05) is 0 Å². The Labute approximate surface area is 210 Å². The van der Waals surface area contributed by atoms with Crippen LogP contribution in [0.5, 0.6) is 23.0 Å². The highest BCUT2D eigenvalue weighted by molar-refractivity contribution is 7.07. The van der Waals surface area contributed by atoms with Crippen molar-refractivity contribution in [2.24, 2.45) is 4.99 Å². The van der Waals surface area contributed by atoms with Crippen LogP contribution in [0.3, 0.4) is 0 Å². The molecule has 1 aromatic heterocycles. The smallest absolute Gasteiger partial charge is 0.338 e. The third-order valence-corrected chi connectivity index (χ3v) is 6.60. The molecule has 0 saturated heterocycles. The van der Waals surface area contributed by atoms with E-state index in [1.54, 1.807) is 51.1 Å². The lowest BCUT2D eigenvalue weighted by atomic mass is 9.95. The van der Waals surface area contributed by atoms with E-state index in [4.69, 9.17) is 14.2 Å². The summed E-state index contributed by atoms with van der Waals surface area (Å²) in [5.41, 5.74) is 1.53. The van der Waals surface area contributed by atoms with Gasteiger partial charge >= 0.3 is 5.97 Å². The highest BCUT2D eigenvalue weighted by Crippen LogP contribution is 2.35. The Morgan fingerprint density at radius 1 is 1.11 bits per heavy atom. The SMILES string of the molecule is CCOC(=O)C1=C(C)N=c2s/c(=C\c3ccc(O)c(OC)c3)c(=O)n2[C@@H]1c1ccc(O)c(OCC)c1. The molecule has 1 aliphatic rings. The topological polar surface area (TPSA) is 120 Å². The number of phenols is 2. The number of aromatic nitrogens is 1. The van der Waals surface area contributed by atoms with Crippen molar-refractivity contribution in [3.8, 4) is 23.0 Å². The van der Waals surface area contributed by atoms with E-state index in [0.29, 0.717) is 32.8 Å². The van der Waals surface area contributed by atoms with Gasteiger partial charge in [-0.2, -0.15) is 0 Å². The Hall–Kier alpha value is -4.05. The van der Waals surface area contributed by atoms with E-state index < -0.39 is 12.0 Å². The van der Waals surface area contributed by atoms with Crippen LogP contribution >= 0.6 is 11.3 Å². The molecule has 188 valence electrons. The maximum Gasteiger partial charge on any atom is 0.338 e. The fourth-order valence-corrected chi connectivity index (χ4v) is 5.06. The molecule has 36 heavy (non-hydrogen) atoms. The summed E-state index contributed by atoms with van der Waals surface area (Å²) in [5.74, 6) is -0.114. The predicted molar refractivity (Wildman–Crippen MR) is 134 cm³/mol. The van der Waals surface area contributed by atoms with E-state index in [1.807, 2.05) is 0 Å². The maximum absolute atomic E-state index is 13.7. The molecule has 2 heterocycles. The van der Waals surface area contributed by atoms with Crippen LogP contribution in [0.4, 0.5) is 0 Å². The zero-order valence-electron chi connectivity index (χ0n) is 20.3. The molecule has 1 aliphatic heterocycles. The molecule has 0 fully saturated rings. The van der Waals surface area contributed by atoms with E-state index in [0.717, 1.165) is 0 Å². The van der Waals surface area contributed by atoms with Gasteiger partial charge in [-0.05, 0) is 62.2 Å². The first-order valence-electron chi connectivity index (χ1n) is 11.3. The first-order valence-corrected chi connectivity index (χ1v) is 12.1. The van der Waals surface area contributed by atoms with E-state index in [1.165, 1.54) is 35.1 Å². The van der Waals surface area contributed by atoms with Crippen LogP contribution in [-0.4, -0.2) is 41.1 Å². The lowest BCUT2D eigenvalue weighted by Crippen LogP contribution is -2.39. The molecule has 0 unspecified atom stereocenters. The van der Waals surface area contributed by atoms with Gasteiger partial charge in [0.1, 0.15) is 0 Å². The van der Waals surface area contributed by atoms with Crippen LogP contribution < -0.4 is 24.4 Å². The van der Waals surface area contributed by atoms with Gasteiger partial charge in [-0.1, -0.05) is 23.5 Å². The van der Waals surface area contributed by atoms with E-state index in [2.05, 4.69) is 4.99 Å². The average Bonchev–Trinajstić information content (AvgIpc) is 3.15. The molecule has 0 amide bonds. The lowest BCUT2D eigenvalue weighted by molar-refractivity contribution is -0.139. The number of methoxy groups -OCH3 is 1. The number of ether oxygens (including phenoxy) is 3. The second-order valence-corrected chi connectivity index (χ2v) is 8.90. The molecule has 0 bridgehead atoms. The Morgan fingerprint density at radius 2 is 1.83 bits per heavy atom. The van der Waals surface area contributed by atoms with Gasteiger partial charge in [0.05, 0.1) is 42.2 Å². The fourth-order valence-electron chi connectivity index (χ4n) is 4.01. The molecule has 0 saturated carbocycles. The Bertz CT molecular complexity index is 1530. The second kappa shape index (κ2) is 10.3. The van der Waals surface area contributed by atoms with Gasteiger partial charge in [0.25, 0.3) is 5.56 Å². The van der Waals surface area contributed by atoms with Crippen molar-refractivity contribution in [2.75, 3.05) is 20.3 Å². The number of aromatic hydroxyl groups is 2. The standard InChI is InChI=1S/C26H26N2O7S/c1-5-34-20-13-16(8-10-18(20)30)23-22(25(32)35-6-2)14(3)27-26-28(23)24(31)21(36-26)12-15-7-9-17(29)19(11-15)33-4/h7-13,23,29-30H,5-6H2,1-4H3/b21-12-/t23-/m1/s1. The molecule has 2 aromatic carbocycles. The number of nitrogens with zero attached hydrogens (tertiary/aromatic N) is 2. The predicted octanol–water partition coefficient (Wildman–Crippen LogP) is 2.62. The van der Waals surface area contributed by atoms with E-state index >= 15 is 0 Å². The first kappa shape index (κ1) is 25.1. The van der Waals surface area contributed by atoms with Crippen LogP contribution in [0.2, 0.25) is 0 Å². The molecule has 10 heteroatoms. The van der Waals surface area contributed by atoms with Crippen LogP contribution in [0.25, 0.3) is 6.08 Å². The summed E-state index contributed by atoms with van der Waals surface area (Å²) in [4.78, 5) is 31.7. The lowest BCUT2D eigenvalue weighted by Gasteiger charge is -2.25. The minimum absolute atomic E-state index is 0.0109. The number of phenolic OH excluding ortho intramolecular Hbond substituents is 2. The Kier molecular flexibility index (Phi) is 7.16. The number of carbonyl (C=O) groups excluding carboxylic acids is 1. The number of carbonyl (C=O) groups is 1. The minimum Gasteiger partial charge on any atom is -0.504 e. The molecule has 1 atom stereocenters. The monoisotopic (exact) mass is 510 g/mol. The van der Waals surface area contributed by atoms with Gasteiger partial charge in [0.2, 0.25) is 0 Å². The van der Waals surface area contributed by atoms with Crippen molar-refractivity contribution < 1.29 is 29.2 Å². The number of allylic oxidation sites excluding steroid dienone is 1. The third-order valence-electron chi connectivity index (χ3n) is 5.62. The van der Waals surface area contributed by atoms with Gasteiger partial charge in [0.15, 0.2) is 27.8 Å². The highest BCUT2D eigenvalue weighted by Gasteiger charge is 2.33. The van der Waals surface area contributed by atoms with Gasteiger partial charge < -0.3 is 24.4 Å². The summed E-state index contributed by atoms with van der Waals surface area (Å²) in [6.07, 6.45) is 1.68. The van der Waals surface area contributed by atoms with Crippen LogP contribution in [0, 0.1) is 0 Å². The Morgan fingerprint density at radius 3 is 2.53 bits per heavy atom. The highest BCUT2D eigenvalue weighted by atomic mass is 32.1. The number of esters is 1. The number of hydrogen-bond donors (Lipinski definition) is 2. The molecular formula is C26H26N2O7S. The van der Waals surface area contributed by atoms with Crippen molar-refractivity contribution in [3.63, 3.8) is 0 Å². The van der Waals surface area contributed by atoms with Crippen molar-refractivity contribution in [3.05, 3.63) is 78.5 Å². The van der Waals surface area contributed by atoms with Gasteiger partial charge in [-0.15, -0.1) is 0 Å².